The van der Waals surface area contributed by atoms with Gasteiger partial charge in [0.25, 0.3) is 11.8 Å². The Morgan fingerprint density at radius 1 is 1.22 bits per heavy atom. The van der Waals surface area contributed by atoms with Crippen molar-refractivity contribution in [1.29, 1.82) is 0 Å². The van der Waals surface area contributed by atoms with Crippen LogP contribution < -0.4 is 4.90 Å². The van der Waals surface area contributed by atoms with Crippen LogP contribution in [0.25, 0.3) is 5.57 Å². The summed E-state index contributed by atoms with van der Waals surface area (Å²) in [6.07, 6.45) is 1.64. The van der Waals surface area contributed by atoms with Gasteiger partial charge in [0.15, 0.2) is 5.17 Å². The summed E-state index contributed by atoms with van der Waals surface area (Å²) in [6, 6.07) is 6.99. The number of carbonyl (C=O) groups excluding carboxylic acids is 3. The molecule has 1 aromatic carbocycles. The predicted molar refractivity (Wildman–Crippen MR) is 106 cm³/mol. The van der Waals surface area contributed by atoms with Gasteiger partial charge in [-0.25, -0.2) is 9.88 Å². The molecule has 0 atom stereocenters. The summed E-state index contributed by atoms with van der Waals surface area (Å²) in [7, 11) is 0. The van der Waals surface area contributed by atoms with Crippen molar-refractivity contribution in [3.05, 3.63) is 46.3 Å². The van der Waals surface area contributed by atoms with Gasteiger partial charge in [0.1, 0.15) is 0 Å². The zero-order valence-corrected chi connectivity index (χ0v) is 16.1. The monoisotopic (exact) mass is 398 g/mol. The van der Waals surface area contributed by atoms with Gasteiger partial charge in [0.2, 0.25) is 11.0 Å². The second-order valence-electron chi connectivity index (χ2n) is 5.74. The molecule has 136 valence electrons. The second-order valence-corrected chi connectivity index (χ2v) is 7.59. The lowest BCUT2D eigenvalue weighted by Gasteiger charge is -2.12. The van der Waals surface area contributed by atoms with Gasteiger partial charge < -0.3 is 0 Å². The standard InChI is InChI=1S/C18H14N4O3S2/c1-3-21-16(25)14(27-18(21)20-17-19-8-9-26-17)13-11-6-4-5-7-12(11)22(10(2)23)15(13)24/h4-9H,3H2,1-2H3/b14-13-,20-18+. The summed E-state index contributed by atoms with van der Waals surface area (Å²) >= 11 is 2.51. The lowest BCUT2D eigenvalue weighted by Crippen LogP contribution is -2.32. The predicted octanol–water partition coefficient (Wildman–Crippen LogP) is 3.03. The van der Waals surface area contributed by atoms with Gasteiger partial charge in [-0.3, -0.25) is 19.3 Å². The Bertz CT molecular complexity index is 1030. The van der Waals surface area contributed by atoms with Gasteiger partial charge in [-0.2, -0.15) is 4.99 Å². The summed E-state index contributed by atoms with van der Waals surface area (Å²) in [5, 5.41) is 2.82. The van der Waals surface area contributed by atoms with Crippen LogP contribution in [0.5, 0.6) is 0 Å². The van der Waals surface area contributed by atoms with Crippen LogP contribution in [-0.2, 0) is 14.4 Å². The number of aliphatic imine (C=N–C) groups is 1. The van der Waals surface area contributed by atoms with Crippen LogP contribution in [0.2, 0.25) is 0 Å². The topological polar surface area (TPSA) is 82.9 Å². The van der Waals surface area contributed by atoms with Crippen molar-refractivity contribution in [3.63, 3.8) is 0 Å². The average Bonchev–Trinajstić information content (AvgIpc) is 3.32. The van der Waals surface area contributed by atoms with Crippen molar-refractivity contribution in [3.8, 4) is 0 Å². The molecule has 7 nitrogen and oxygen atoms in total. The Kier molecular flexibility index (Phi) is 4.40. The highest BCUT2D eigenvalue weighted by Gasteiger charge is 2.43. The maximum absolute atomic E-state index is 13.0. The minimum atomic E-state index is -0.480. The van der Waals surface area contributed by atoms with E-state index in [1.165, 1.54) is 23.2 Å². The highest BCUT2D eigenvalue weighted by atomic mass is 32.2. The molecule has 0 aliphatic carbocycles. The van der Waals surface area contributed by atoms with Gasteiger partial charge in [-0.1, -0.05) is 18.2 Å². The van der Waals surface area contributed by atoms with Crippen LogP contribution in [0.3, 0.4) is 0 Å². The number of hydrogen-bond donors (Lipinski definition) is 0. The summed E-state index contributed by atoms with van der Waals surface area (Å²) < 4.78 is 0. The Morgan fingerprint density at radius 3 is 2.67 bits per heavy atom. The molecule has 3 amide bonds. The maximum Gasteiger partial charge on any atom is 0.267 e. The molecule has 0 unspecified atom stereocenters. The number of amidine groups is 1. The minimum absolute atomic E-state index is 0.249. The first-order valence-electron chi connectivity index (χ1n) is 8.19. The number of aromatic nitrogens is 1. The summed E-state index contributed by atoms with van der Waals surface area (Å²) in [5.74, 6) is -1.16. The molecule has 1 aromatic heterocycles. The van der Waals surface area contributed by atoms with E-state index in [9.17, 15) is 14.4 Å². The minimum Gasteiger partial charge on any atom is -0.287 e. The first-order chi connectivity index (χ1) is 13.0. The van der Waals surface area contributed by atoms with Crippen LogP contribution in [-0.4, -0.2) is 39.3 Å². The van der Waals surface area contributed by atoms with Gasteiger partial charge in [0, 0.05) is 30.6 Å². The third-order valence-corrected chi connectivity index (χ3v) is 5.91. The van der Waals surface area contributed by atoms with E-state index in [-0.39, 0.29) is 22.3 Å². The molecular weight excluding hydrogens is 384 g/mol. The normalized spacial score (nSPS) is 20.7. The molecule has 4 rings (SSSR count). The number of hydrogen-bond acceptors (Lipinski definition) is 7. The van der Waals surface area contributed by atoms with E-state index in [0.717, 1.165) is 16.7 Å². The Morgan fingerprint density at radius 2 is 2.00 bits per heavy atom. The summed E-state index contributed by atoms with van der Waals surface area (Å²) in [6.45, 7) is 3.59. The van der Waals surface area contributed by atoms with Crippen molar-refractivity contribution in [1.82, 2.24) is 9.88 Å². The average molecular weight is 398 g/mol. The number of amides is 3. The zero-order chi connectivity index (χ0) is 19.1. The fraction of sp³-hybridized carbons (Fsp3) is 0.167. The number of thioether (sulfide) groups is 1. The van der Waals surface area contributed by atoms with Crippen LogP contribution in [0.15, 0.2) is 45.7 Å². The maximum atomic E-state index is 13.0. The molecule has 0 bridgehead atoms. The molecule has 2 aromatic rings. The third-order valence-electron chi connectivity index (χ3n) is 4.16. The summed E-state index contributed by atoms with van der Waals surface area (Å²) in [4.78, 5) is 49.4. The Hall–Kier alpha value is -2.78. The number of fused-ring (bicyclic) bond motifs is 1. The number of thiazole rings is 1. The Labute approximate surface area is 163 Å². The fourth-order valence-corrected chi connectivity index (χ4v) is 4.72. The van der Waals surface area contributed by atoms with Crippen LogP contribution >= 0.6 is 23.1 Å². The SMILES string of the molecule is CCN1C(=O)/C(=C2/C(=O)N(C(C)=O)c3ccccc32)S/C1=N/c1nccs1. The number of rotatable bonds is 2. The number of benzene rings is 1. The molecule has 27 heavy (non-hydrogen) atoms. The molecule has 1 saturated heterocycles. The van der Waals surface area contributed by atoms with E-state index in [0.29, 0.717) is 28.1 Å². The number of nitrogens with zero attached hydrogens (tertiary/aromatic N) is 4. The van der Waals surface area contributed by atoms with Crippen molar-refractivity contribution >= 4 is 62.4 Å². The van der Waals surface area contributed by atoms with Gasteiger partial charge in [-0.15, -0.1) is 11.3 Å². The quantitative estimate of drug-likeness (QED) is 0.726. The number of imide groups is 1. The number of carbonyl (C=O) groups is 3. The van der Waals surface area contributed by atoms with E-state index in [4.69, 9.17) is 0 Å². The van der Waals surface area contributed by atoms with E-state index < -0.39 is 5.91 Å². The van der Waals surface area contributed by atoms with Crippen molar-refractivity contribution in [2.24, 2.45) is 4.99 Å². The smallest absolute Gasteiger partial charge is 0.267 e. The molecular formula is C18H14N4O3S2. The van der Waals surface area contributed by atoms with E-state index in [1.807, 2.05) is 6.92 Å². The third kappa shape index (κ3) is 2.79. The number of likely N-dealkylation sites (N-methyl/N-ethyl adjacent to an activating group) is 1. The molecule has 3 heterocycles. The second kappa shape index (κ2) is 6.75. The van der Waals surface area contributed by atoms with Gasteiger partial charge in [-0.05, 0) is 24.8 Å². The number of anilines is 1. The molecule has 9 heteroatoms. The van der Waals surface area contributed by atoms with Crippen LogP contribution in [0.1, 0.15) is 19.4 Å². The summed E-state index contributed by atoms with van der Waals surface area (Å²) in [5.41, 5.74) is 1.33. The van der Waals surface area contributed by atoms with Crippen molar-refractivity contribution < 1.29 is 14.4 Å². The molecule has 2 aliphatic rings. The van der Waals surface area contributed by atoms with Crippen molar-refractivity contribution in [2.75, 3.05) is 11.4 Å². The van der Waals surface area contributed by atoms with Crippen molar-refractivity contribution in [2.45, 2.75) is 13.8 Å². The molecule has 0 N–H and O–H groups in total. The first kappa shape index (κ1) is 17.6. The largest absolute Gasteiger partial charge is 0.287 e. The molecule has 2 aliphatic heterocycles. The number of para-hydroxylation sites is 1. The van der Waals surface area contributed by atoms with E-state index in [2.05, 4.69) is 9.98 Å². The highest BCUT2D eigenvalue weighted by Crippen LogP contribution is 2.44. The first-order valence-corrected chi connectivity index (χ1v) is 9.89. The van der Waals surface area contributed by atoms with E-state index >= 15 is 0 Å². The molecule has 1 fully saturated rings. The van der Waals surface area contributed by atoms with Gasteiger partial charge >= 0.3 is 0 Å². The lowest BCUT2D eigenvalue weighted by atomic mass is 10.1. The van der Waals surface area contributed by atoms with Crippen LogP contribution in [0, 0.1) is 0 Å². The Balaban J connectivity index is 1.87. The fourth-order valence-electron chi connectivity index (χ4n) is 3.02. The molecule has 0 spiro atoms. The van der Waals surface area contributed by atoms with Gasteiger partial charge in [0.05, 0.1) is 16.2 Å². The molecule has 0 saturated carbocycles. The van der Waals surface area contributed by atoms with Crippen LogP contribution in [0.4, 0.5) is 10.8 Å². The highest BCUT2D eigenvalue weighted by molar-refractivity contribution is 8.18. The molecule has 0 radical (unpaired) electrons. The lowest BCUT2D eigenvalue weighted by molar-refractivity contribution is -0.124. The van der Waals surface area contributed by atoms with E-state index in [1.54, 1.807) is 35.8 Å². The zero-order valence-electron chi connectivity index (χ0n) is 14.5.